The van der Waals surface area contributed by atoms with E-state index in [2.05, 4.69) is 6.92 Å². The third-order valence-corrected chi connectivity index (χ3v) is 1.88. The van der Waals surface area contributed by atoms with Crippen LogP contribution in [0.2, 0.25) is 0 Å². The smallest absolute Gasteiger partial charge is 0.0530 e. The standard InChI is InChI=1S/C7H13.Mg.2H/c1-2-7-5-3-4-6-7;;;/h7H,1-6H2;;;. The molecule has 0 bridgehead atoms. The number of hydrogen-bond acceptors (Lipinski definition) is 0. The summed E-state index contributed by atoms with van der Waals surface area (Å²) in [6.45, 7) is 3.87. The van der Waals surface area contributed by atoms with E-state index in [-0.39, 0.29) is 23.1 Å². The Labute approximate surface area is 68.2 Å². The zero-order valence-corrected chi connectivity index (χ0v) is 4.82. The van der Waals surface area contributed by atoms with Crippen LogP contribution in [0.4, 0.5) is 0 Å². The zero-order chi connectivity index (χ0) is 5.11. The molecule has 1 aliphatic rings. The summed E-state index contributed by atoms with van der Waals surface area (Å²) in [4.78, 5) is 0. The molecule has 0 nitrogen and oxygen atoms in total. The second kappa shape index (κ2) is 4.63. The summed E-state index contributed by atoms with van der Waals surface area (Å²) in [6, 6.07) is 0. The fraction of sp³-hybridized carbons (Fsp3) is 0.857. The SMILES string of the molecule is [CH2]CC1CCCC1.[MgH2]. The van der Waals surface area contributed by atoms with E-state index < -0.39 is 0 Å². The van der Waals surface area contributed by atoms with Crippen LogP contribution in [0.5, 0.6) is 0 Å². The molecule has 0 aliphatic heterocycles. The first-order valence-electron chi connectivity index (χ1n) is 3.22. The van der Waals surface area contributed by atoms with Crippen molar-refractivity contribution in [2.75, 3.05) is 0 Å². The van der Waals surface area contributed by atoms with Gasteiger partial charge >= 0.3 is 23.1 Å². The molecule has 0 saturated heterocycles. The molecule has 0 unspecified atom stereocenters. The summed E-state index contributed by atoms with van der Waals surface area (Å²) in [6.07, 6.45) is 6.98. The predicted molar refractivity (Wildman–Crippen MR) is 40.5 cm³/mol. The van der Waals surface area contributed by atoms with E-state index >= 15 is 0 Å². The van der Waals surface area contributed by atoms with Gasteiger partial charge < -0.3 is 0 Å². The fourth-order valence-corrected chi connectivity index (χ4v) is 1.30. The lowest BCUT2D eigenvalue weighted by molar-refractivity contribution is 0.556. The molecule has 1 saturated carbocycles. The average molecular weight is 124 g/mol. The van der Waals surface area contributed by atoms with Crippen LogP contribution in [0, 0.1) is 12.8 Å². The third-order valence-electron chi connectivity index (χ3n) is 1.88. The summed E-state index contributed by atoms with van der Waals surface area (Å²) in [5, 5.41) is 0. The fourth-order valence-electron chi connectivity index (χ4n) is 1.30. The average Bonchev–Trinajstić information content (AvgIpc) is 2.14. The van der Waals surface area contributed by atoms with Gasteiger partial charge in [0.25, 0.3) is 0 Å². The molecule has 1 fully saturated rings. The quantitative estimate of drug-likeness (QED) is 0.464. The predicted octanol–water partition coefficient (Wildman–Crippen LogP) is 1.48. The van der Waals surface area contributed by atoms with Crippen molar-refractivity contribution in [2.45, 2.75) is 32.1 Å². The highest BCUT2D eigenvalue weighted by Crippen LogP contribution is 2.26. The number of rotatable bonds is 1. The molecule has 0 heterocycles. The maximum Gasteiger partial charge on any atom is 0.316 e. The molecule has 1 radical (unpaired) electrons. The first-order valence-corrected chi connectivity index (χ1v) is 3.22. The highest BCUT2D eigenvalue weighted by atomic mass is 24.3. The van der Waals surface area contributed by atoms with Crippen LogP contribution >= 0.6 is 0 Å². The van der Waals surface area contributed by atoms with E-state index in [1.807, 2.05) is 0 Å². The summed E-state index contributed by atoms with van der Waals surface area (Å²) in [7, 11) is 0. The van der Waals surface area contributed by atoms with Gasteiger partial charge in [-0.15, -0.1) is 0 Å². The topological polar surface area (TPSA) is 0 Å². The highest BCUT2D eigenvalue weighted by Gasteiger charge is 2.11. The van der Waals surface area contributed by atoms with E-state index in [9.17, 15) is 0 Å². The molecule has 1 aliphatic carbocycles. The lowest BCUT2D eigenvalue weighted by atomic mass is 10.1. The van der Waals surface area contributed by atoms with Gasteiger partial charge in [-0.2, -0.15) is 0 Å². The van der Waals surface area contributed by atoms with Crippen LogP contribution in [0.15, 0.2) is 0 Å². The van der Waals surface area contributed by atoms with Gasteiger partial charge in [0.1, 0.15) is 0 Å². The van der Waals surface area contributed by atoms with Crippen LogP contribution in [0.1, 0.15) is 32.1 Å². The molecule has 0 amide bonds. The highest BCUT2D eigenvalue weighted by molar-refractivity contribution is 5.75. The van der Waals surface area contributed by atoms with Gasteiger partial charge in [-0.05, 0) is 5.92 Å². The van der Waals surface area contributed by atoms with Crippen molar-refractivity contribution in [3.63, 3.8) is 0 Å². The Morgan fingerprint density at radius 2 is 1.75 bits per heavy atom. The van der Waals surface area contributed by atoms with Gasteiger partial charge in [-0.25, -0.2) is 0 Å². The molecular formula is C7H15Mg. The van der Waals surface area contributed by atoms with Gasteiger partial charge in [0.2, 0.25) is 0 Å². The molecule has 0 N–H and O–H groups in total. The Balaban J connectivity index is 0.000000490. The first kappa shape index (κ1) is 8.77. The van der Waals surface area contributed by atoms with Crippen LogP contribution in [0.25, 0.3) is 0 Å². The lowest BCUT2D eigenvalue weighted by Crippen LogP contribution is -1.86. The second-order valence-electron chi connectivity index (χ2n) is 2.44. The minimum Gasteiger partial charge on any atom is -0.0530 e. The molecule has 0 atom stereocenters. The Morgan fingerprint density at radius 1 is 1.25 bits per heavy atom. The van der Waals surface area contributed by atoms with E-state index in [1.54, 1.807) is 0 Å². The van der Waals surface area contributed by atoms with Crippen molar-refractivity contribution in [3.05, 3.63) is 6.92 Å². The van der Waals surface area contributed by atoms with Crippen molar-refractivity contribution in [1.82, 2.24) is 0 Å². The Hall–Kier alpha value is 0.766. The molecule has 0 aromatic heterocycles. The maximum absolute atomic E-state index is 3.87. The molecule has 45 valence electrons. The Bertz CT molecular complexity index is 46.3. The molecule has 0 aromatic carbocycles. The van der Waals surface area contributed by atoms with E-state index in [0.717, 1.165) is 5.92 Å². The van der Waals surface area contributed by atoms with Gasteiger partial charge in [0.15, 0.2) is 0 Å². The molecule has 0 spiro atoms. The summed E-state index contributed by atoms with van der Waals surface area (Å²) in [5.74, 6) is 0.986. The van der Waals surface area contributed by atoms with Gasteiger partial charge in [-0.3, -0.25) is 0 Å². The molecule has 1 heteroatoms. The van der Waals surface area contributed by atoms with Crippen LogP contribution < -0.4 is 0 Å². The molecule has 8 heavy (non-hydrogen) atoms. The van der Waals surface area contributed by atoms with Crippen LogP contribution in [-0.2, 0) is 0 Å². The van der Waals surface area contributed by atoms with E-state index in [4.69, 9.17) is 0 Å². The largest absolute Gasteiger partial charge is 0.316 e. The van der Waals surface area contributed by atoms with E-state index in [0.29, 0.717) is 0 Å². The van der Waals surface area contributed by atoms with Crippen molar-refractivity contribution in [2.24, 2.45) is 5.92 Å². The molecule has 1 rings (SSSR count). The molecule has 0 aromatic rings. The maximum atomic E-state index is 3.87. The van der Waals surface area contributed by atoms with Crippen molar-refractivity contribution in [1.29, 1.82) is 0 Å². The second-order valence-corrected chi connectivity index (χ2v) is 2.44. The van der Waals surface area contributed by atoms with Crippen LogP contribution in [-0.4, -0.2) is 23.1 Å². The van der Waals surface area contributed by atoms with E-state index in [1.165, 1.54) is 32.1 Å². The summed E-state index contributed by atoms with van der Waals surface area (Å²) >= 11 is 0. The monoisotopic (exact) mass is 123 g/mol. The zero-order valence-electron chi connectivity index (χ0n) is 4.82. The third kappa shape index (κ3) is 2.36. The molecular weight excluding hydrogens is 108 g/mol. The lowest BCUT2D eigenvalue weighted by Gasteiger charge is -1.99. The minimum atomic E-state index is 0. The summed E-state index contributed by atoms with van der Waals surface area (Å²) in [5.41, 5.74) is 0. The summed E-state index contributed by atoms with van der Waals surface area (Å²) < 4.78 is 0. The van der Waals surface area contributed by atoms with Crippen molar-refractivity contribution in [3.8, 4) is 0 Å². The van der Waals surface area contributed by atoms with Gasteiger partial charge in [0, 0.05) is 0 Å². The van der Waals surface area contributed by atoms with Gasteiger partial charge in [0.05, 0.1) is 0 Å². The first-order chi connectivity index (χ1) is 3.43. The minimum absolute atomic E-state index is 0. The number of hydrogen-bond donors (Lipinski definition) is 0. The van der Waals surface area contributed by atoms with Crippen LogP contribution in [0.3, 0.4) is 0 Å². The normalized spacial score (nSPS) is 20.6. The Kier molecular flexibility index (Phi) is 5.07. The Morgan fingerprint density at radius 3 is 2.00 bits per heavy atom. The van der Waals surface area contributed by atoms with Crippen molar-refractivity contribution < 1.29 is 0 Å². The van der Waals surface area contributed by atoms with Gasteiger partial charge in [-0.1, -0.05) is 39.0 Å². The van der Waals surface area contributed by atoms with Crippen molar-refractivity contribution >= 4 is 23.1 Å².